The number of halogens is 1. The summed E-state index contributed by atoms with van der Waals surface area (Å²) < 4.78 is 11.8. The van der Waals surface area contributed by atoms with E-state index in [0.717, 1.165) is 33.3 Å². The van der Waals surface area contributed by atoms with Gasteiger partial charge < -0.3 is 9.47 Å². The summed E-state index contributed by atoms with van der Waals surface area (Å²) in [5.74, 6) is 2.36. The van der Waals surface area contributed by atoms with Crippen molar-refractivity contribution < 1.29 is 14.3 Å². The van der Waals surface area contributed by atoms with E-state index >= 15 is 0 Å². The first kappa shape index (κ1) is 18.0. The number of anilines is 1. The molecule has 2 aromatic rings. The van der Waals surface area contributed by atoms with Crippen molar-refractivity contribution in [3.8, 4) is 11.5 Å². The second-order valence-corrected chi connectivity index (χ2v) is 7.33. The van der Waals surface area contributed by atoms with Crippen LogP contribution >= 0.6 is 22.6 Å². The van der Waals surface area contributed by atoms with Crippen molar-refractivity contribution in [3.05, 3.63) is 45.2 Å². The SMILES string of the molecule is COc1ccc(CN(C(=O)C2CC2)c2cc(I)c(C)cn2)c(OC)c1. The van der Waals surface area contributed by atoms with Crippen LogP contribution in [-0.4, -0.2) is 25.1 Å². The Bertz CT molecular complexity index is 790. The van der Waals surface area contributed by atoms with E-state index in [0.29, 0.717) is 18.1 Å². The number of hydrogen-bond acceptors (Lipinski definition) is 4. The van der Waals surface area contributed by atoms with Gasteiger partial charge in [0.05, 0.1) is 20.8 Å². The van der Waals surface area contributed by atoms with Crippen molar-refractivity contribution in [1.82, 2.24) is 4.98 Å². The summed E-state index contributed by atoms with van der Waals surface area (Å²) in [7, 11) is 3.24. The van der Waals surface area contributed by atoms with Crippen LogP contribution in [-0.2, 0) is 11.3 Å². The number of methoxy groups -OCH3 is 2. The molecule has 0 atom stereocenters. The van der Waals surface area contributed by atoms with Crippen molar-refractivity contribution in [3.63, 3.8) is 0 Å². The lowest BCUT2D eigenvalue weighted by Gasteiger charge is -2.23. The van der Waals surface area contributed by atoms with Crippen molar-refractivity contribution >= 4 is 34.3 Å². The lowest BCUT2D eigenvalue weighted by molar-refractivity contribution is -0.119. The van der Waals surface area contributed by atoms with Crippen LogP contribution in [0, 0.1) is 16.4 Å². The van der Waals surface area contributed by atoms with Gasteiger partial charge in [-0.3, -0.25) is 9.69 Å². The molecule has 1 aliphatic rings. The number of aromatic nitrogens is 1. The molecule has 1 heterocycles. The molecule has 3 rings (SSSR count). The zero-order valence-electron chi connectivity index (χ0n) is 14.6. The first-order chi connectivity index (χ1) is 12.0. The second kappa shape index (κ2) is 7.59. The summed E-state index contributed by atoms with van der Waals surface area (Å²) in [5.41, 5.74) is 2.03. The number of nitrogens with zero attached hydrogens (tertiary/aromatic N) is 2. The fourth-order valence-corrected chi connectivity index (χ4v) is 3.03. The Morgan fingerprint density at radius 3 is 2.64 bits per heavy atom. The number of rotatable bonds is 6. The average molecular weight is 452 g/mol. The third-order valence-corrected chi connectivity index (χ3v) is 5.48. The van der Waals surface area contributed by atoms with E-state index in [1.807, 2.05) is 37.4 Å². The van der Waals surface area contributed by atoms with E-state index in [2.05, 4.69) is 27.6 Å². The van der Waals surface area contributed by atoms with Crippen LogP contribution in [0.25, 0.3) is 0 Å². The smallest absolute Gasteiger partial charge is 0.231 e. The Morgan fingerprint density at radius 2 is 2.04 bits per heavy atom. The summed E-state index contributed by atoms with van der Waals surface area (Å²) in [6.07, 6.45) is 3.73. The molecular formula is C19H21IN2O3. The van der Waals surface area contributed by atoms with Crippen molar-refractivity contribution in [1.29, 1.82) is 0 Å². The van der Waals surface area contributed by atoms with Crippen molar-refractivity contribution in [2.75, 3.05) is 19.1 Å². The molecule has 1 aromatic heterocycles. The minimum absolute atomic E-state index is 0.116. The van der Waals surface area contributed by atoms with Crippen LogP contribution in [0.3, 0.4) is 0 Å². The van der Waals surface area contributed by atoms with Gasteiger partial charge in [-0.2, -0.15) is 0 Å². The number of ether oxygens (including phenoxy) is 2. The molecular weight excluding hydrogens is 431 g/mol. The van der Waals surface area contributed by atoms with Gasteiger partial charge in [-0.05, 0) is 66.1 Å². The Labute approximate surface area is 161 Å². The predicted molar refractivity (Wildman–Crippen MR) is 105 cm³/mol. The Kier molecular flexibility index (Phi) is 5.46. The van der Waals surface area contributed by atoms with Crippen LogP contribution in [0.4, 0.5) is 5.82 Å². The van der Waals surface area contributed by atoms with Crippen LogP contribution in [0.15, 0.2) is 30.5 Å². The fourth-order valence-electron chi connectivity index (χ4n) is 2.61. The molecule has 0 spiro atoms. The van der Waals surface area contributed by atoms with Gasteiger partial charge in [0.1, 0.15) is 17.3 Å². The highest BCUT2D eigenvalue weighted by molar-refractivity contribution is 14.1. The largest absolute Gasteiger partial charge is 0.497 e. The van der Waals surface area contributed by atoms with Gasteiger partial charge in [-0.1, -0.05) is 0 Å². The summed E-state index contributed by atoms with van der Waals surface area (Å²) in [5, 5.41) is 0. The maximum absolute atomic E-state index is 12.8. The Morgan fingerprint density at radius 1 is 1.28 bits per heavy atom. The maximum Gasteiger partial charge on any atom is 0.231 e. The highest BCUT2D eigenvalue weighted by atomic mass is 127. The molecule has 0 radical (unpaired) electrons. The summed E-state index contributed by atoms with van der Waals surface area (Å²) in [4.78, 5) is 19.1. The molecule has 0 bridgehead atoms. The molecule has 1 amide bonds. The average Bonchev–Trinajstić information content (AvgIpc) is 3.46. The summed E-state index contributed by atoms with van der Waals surface area (Å²) in [6, 6.07) is 7.61. The number of hydrogen-bond donors (Lipinski definition) is 0. The second-order valence-electron chi connectivity index (χ2n) is 6.17. The topological polar surface area (TPSA) is 51.7 Å². The standard InChI is InChI=1S/C19H21IN2O3/c1-12-10-21-18(9-16(12)20)22(19(23)13-4-5-13)11-14-6-7-15(24-2)8-17(14)25-3/h6-10,13H,4-5,11H2,1-3H3. The fraction of sp³-hybridized carbons (Fsp3) is 0.368. The van der Waals surface area contributed by atoms with Crippen LogP contribution in [0.5, 0.6) is 11.5 Å². The third kappa shape index (κ3) is 4.05. The highest BCUT2D eigenvalue weighted by Gasteiger charge is 2.35. The van der Waals surface area contributed by atoms with E-state index < -0.39 is 0 Å². The first-order valence-electron chi connectivity index (χ1n) is 8.18. The molecule has 132 valence electrons. The van der Waals surface area contributed by atoms with Gasteiger partial charge >= 0.3 is 0 Å². The molecule has 1 aliphatic carbocycles. The number of amides is 1. The molecule has 1 fully saturated rings. The Hall–Kier alpha value is -1.83. The number of carbonyl (C=O) groups excluding carboxylic acids is 1. The molecule has 6 heteroatoms. The molecule has 0 unspecified atom stereocenters. The van der Waals surface area contributed by atoms with Gasteiger partial charge in [0.25, 0.3) is 0 Å². The lowest BCUT2D eigenvalue weighted by atomic mass is 10.1. The van der Waals surface area contributed by atoms with Gasteiger partial charge in [-0.15, -0.1) is 0 Å². The zero-order chi connectivity index (χ0) is 18.0. The minimum atomic E-state index is 0.116. The zero-order valence-corrected chi connectivity index (χ0v) is 16.7. The number of benzene rings is 1. The molecule has 0 aliphatic heterocycles. The van der Waals surface area contributed by atoms with Crippen LogP contribution in [0.1, 0.15) is 24.0 Å². The third-order valence-electron chi connectivity index (χ3n) is 4.31. The first-order valence-corrected chi connectivity index (χ1v) is 9.25. The number of pyridine rings is 1. The van der Waals surface area contributed by atoms with Gasteiger partial charge in [-0.25, -0.2) is 4.98 Å². The minimum Gasteiger partial charge on any atom is -0.497 e. The molecule has 0 N–H and O–H groups in total. The monoisotopic (exact) mass is 452 g/mol. The van der Waals surface area contributed by atoms with E-state index in [4.69, 9.17) is 9.47 Å². The van der Waals surface area contributed by atoms with Crippen molar-refractivity contribution in [2.24, 2.45) is 5.92 Å². The van der Waals surface area contributed by atoms with E-state index in [1.165, 1.54) is 0 Å². The van der Waals surface area contributed by atoms with E-state index in [-0.39, 0.29) is 11.8 Å². The normalized spacial score (nSPS) is 13.4. The Balaban J connectivity index is 1.95. The van der Waals surface area contributed by atoms with Gasteiger partial charge in [0.15, 0.2) is 0 Å². The quantitative estimate of drug-likeness (QED) is 0.623. The molecule has 1 saturated carbocycles. The number of carbonyl (C=O) groups is 1. The van der Waals surface area contributed by atoms with E-state index in [1.54, 1.807) is 19.1 Å². The molecule has 1 aromatic carbocycles. The number of aryl methyl sites for hydroxylation is 1. The molecule has 0 saturated heterocycles. The lowest BCUT2D eigenvalue weighted by Crippen LogP contribution is -2.32. The van der Waals surface area contributed by atoms with Gasteiger partial charge in [0, 0.05) is 27.3 Å². The van der Waals surface area contributed by atoms with Crippen molar-refractivity contribution in [2.45, 2.75) is 26.3 Å². The maximum atomic E-state index is 12.8. The highest BCUT2D eigenvalue weighted by Crippen LogP contribution is 2.35. The van der Waals surface area contributed by atoms with Crippen LogP contribution in [0.2, 0.25) is 0 Å². The van der Waals surface area contributed by atoms with Gasteiger partial charge in [0.2, 0.25) is 5.91 Å². The molecule has 25 heavy (non-hydrogen) atoms. The molecule has 5 nitrogen and oxygen atoms in total. The van der Waals surface area contributed by atoms with E-state index in [9.17, 15) is 4.79 Å². The van der Waals surface area contributed by atoms with Crippen LogP contribution < -0.4 is 14.4 Å². The summed E-state index contributed by atoms with van der Waals surface area (Å²) >= 11 is 2.27. The summed E-state index contributed by atoms with van der Waals surface area (Å²) in [6.45, 7) is 2.44. The predicted octanol–water partition coefficient (Wildman–Crippen LogP) is 3.96.